The van der Waals surface area contributed by atoms with E-state index in [1.165, 1.54) is 20.1 Å². The lowest BCUT2D eigenvalue weighted by molar-refractivity contribution is -0.385. The second kappa shape index (κ2) is 10.2. The Morgan fingerprint density at radius 3 is 2.33 bits per heavy atom. The first kappa shape index (κ1) is 22.7. The van der Waals surface area contributed by atoms with Crippen molar-refractivity contribution in [1.29, 1.82) is 0 Å². The third kappa shape index (κ3) is 5.47. The lowest BCUT2D eigenvalue weighted by Gasteiger charge is -2.15. The number of ether oxygens (including phenoxy) is 3. The van der Waals surface area contributed by atoms with Gasteiger partial charge in [-0.2, -0.15) is 0 Å². The highest BCUT2D eigenvalue weighted by Gasteiger charge is 2.28. The zero-order valence-corrected chi connectivity index (χ0v) is 17.3. The molecule has 0 aromatic heterocycles. The number of hydrogen-bond donors (Lipinski definition) is 1. The van der Waals surface area contributed by atoms with E-state index >= 15 is 0 Å². The normalized spacial score (nSPS) is 11.3. The van der Waals surface area contributed by atoms with Crippen molar-refractivity contribution >= 4 is 23.3 Å². The molecule has 0 heterocycles. The number of nitrogens with one attached hydrogen (secondary N) is 1. The quantitative estimate of drug-likeness (QED) is 0.376. The van der Waals surface area contributed by atoms with Crippen molar-refractivity contribution in [3.63, 3.8) is 0 Å². The van der Waals surface area contributed by atoms with Gasteiger partial charge in [-0.3, -0.25) is 14.9 Å². The summed E-state index contributed by atoms with van der Waals surface area (Å²) in [5.41, 5.74) is 0.817. The van der Waals surface area contributed by atoms with Gasteiger partial charge in [-0.1, -0.05) is 19.1 Å². The van der Waals surface area contributed by atoms with Gasteiger partial charge in [0.25, 0.3) is 11.6 Å². The number of nitro groups is 1. The van der Waals surface area contributed by atoms with Crippen molar-refractivity contribution < 1.29 is 28.7 Å². The number of amides is 1. The Labute approximate surface area is 174 Å². The summed E-state index contributed by atoms with van der Waals surface area (Å²) < 4.78 is 15.6. The Morgan fingerprint density at radius 1 is 1.13 bits per heavy atom. The summed E-state index contributed by atoms with van der Waals surface area (Å²) in [5, 5.41) is 14.0. The fourth-order valence-electron chi connectivity index (χ4n) is 2.64. The molecule has 2 rings (SSSR count). The maximum Gasteiger partial charge on any atom is 0.346 e. The van der Waals surface area contributed by atoms with Crippen LogP contribution < -0.4 is 14.8 Å². The van der Waals surface area contributed by atoms with Crippen LogP contribution in [0.2, 0.25) is 0 Å². The van der Waals surface area contributed by atoms with Crippen LogP contribution in [0.5, 0.6) is 11.5 Å². The minimum Gasteiger partial charge on any atom is -0.493 e. The summed E-state index contributed by atoms with van der Waals surface area (Å²) in [7, 11) is 1.33. The number of hydrogen-bond acceptors (Lipinski definition) is 7. The van der Waals surface area contributed by atoms with Crippen LogP contribution in [0.15, 0.2) is 36.4 Å². The van der Waals surface area contributed by atoms with Gasteiger partial charge in [0.1, 0.15) is 5.56 Å². The SMILES string of the molecule is CCOc1cc(C(=O)O[C@H](C)C(=O)Nc2ccc(CC)cc2)c([N+](=O)[O-])cc1OC. The van der Waals surface area contributed by atoms with Crippen molar-refractivity contribution in [3.05, 3.63) is 57.6 Å². The number of aryl methyl sites for hydroxylation is 1. The molecule has 0 unspecified atom stereocenters. The molecule has 0 aliphatic heterocycles. The van der Waals surface area contributed by atoms with Crippen LogP contribution in [0.25, 0.3) is 0 Å². The van der Waals surface area contributed by atoms with Gasteiger partial charge in [0.05, 0.1) is 24.7 Å². The highest BCUT2D eigenvalue weighted by Crippen LogP contribution is 2.35. The third-order valence-electron chi connectivity index (χ3n) is 4.28. The number of methoxy groups -OCH3 is 1. The zero-order valence-electron chi connectivity index (χ0n) is 17.3. The van der Waals surface area contributed by atoms with Gasteiger partial charge < -0.3 is 19.5 Å². The smallest absolute Gasteiger partial charge is 0.346 e. The summed E-state index contributed by atoms with van der Waals surface area (Å²) >= 11 is 0. The fourth-order valence-corrected chi connectivity index (χ4v) is 2.64. The molecule has 9 nitrogen and oxygen atoms in total. The predicted octanol–water partition coefficient (Wildman–Crippen LogP) is 3.75. The molecule has 0 aliphatic carbocycles. The molecule has 30 heavy (non-hydrogen) atoms. The molecule has 0 bridgehead atoms. The molecule has 0 saturated heterocycles. The molecule has 0 saturated carbocycles. The summed E-state index contributed by atoms with van der Waals surface area (Å²) in [6.07, 6.45) is -0.312. The first-order chi connectivity index (χ1) is 14.3. The van der Waals surface area contributed by atoms with E-state index < -0.39 is 28.6 Å². The second-order valence-corrected chi connectivity index (χ2v) is 6.30. The van der Waals surface area contributed by atoms with Gasteiger partial charge in [-0.25, -0.2) is 4.79 Å². The number of benzene rings is 2. The van der Waals surface area contributed by atoms with E-state index in [9.17, 15) is 19.7 Å². The van der Waals surface area contributed by atoms with Gasteiger partial charge in [0, 0.05) is 11.8 Å². The number of carbonyl (C=O) groups is 2. The fraction of sp³-hybridized carbons (Fsp3) is 0.333. The predicted molar refractivity (Wildman–Crippen MR) is 110 cm³/mol. The third-order valence-corrected chi connectivity index (χ3v) is 4.28. The number of esters is 1. The lowest BCUT2D eigenvalue weighted by atomic mass is 10.1. The van der Waals surface area contributed by atoms with E-state index in [2.05, 4.69) is 5.32 Å². The molecule has 1 amide bonds. The van der Waals surface area contributed by atoms with Crippen LogP contribution in [-0.2, 0) is 16.0 Å². The molecule has 1 atom stereocenters. The summed E-state index contributed by atoms with van der Waals surface area (Å²) in [5.74, 6) is -1.31. The van der Waals surface area contributed by atoms with Crippen molar-refractivity contribution in [2.24, 2.45) is 0 Å². The number of nitro benzene ring substituents is 1. The van der Waals surface area contributed by atoms with E-state index in [0.29, 0.717) is 5.69 Å². The van der Waals surface area contributed by atoms with Crippen molar-refractivity contribution in [2.75, 3.05) is 19.0 Å². The van der Waals surface area contributed by atoms with E-state index in [4.69, 9.17) is 14.2 Å². The first-order valence-corrected chi connectivity index (χ1v) is 9.40. The Bertz CT molecular complexity index is 926. The summed E-state index contributed by atoms with van der Waals surface area (Å²) in [6, 6.07) is 9.50. The maximum absolute atomic E-state index is 12.6. The first-order valence-electron chi connectivity index (χ1n) is 9.40. The molecule has 0 aliphatic rings. The topological polar surface area (TPSA) is 117 Å². The van der Waals surface area contributed by atoms with Gasteiger partial charge in [0.2, 0.25) is 0 Å². The van der Waals surface area contributed by atoms with Crippen LogP contribution in [0.3, 0.4) is 0 Å². The van der Waals surface area contributed by atoms with Crippen LogP contribution in [0.1, 0.15) is 36.7 Å². The Balaban J connectivity index is 2.19. The Kier molecular flexibility index (Phi) is 7.74. The van der Waals surface area contributed by atoms with Crippen molar-refractivity contribution in [3.8, 4) is 11.5 Å². The molecule has 160 valence electrons. The van der Waals surface area contributed by atoms with E-state index in [-0.39, 0.29) is 23.7 Å². The number of anilines is 1. The molecule has 2 aromatic carbocycles. The standard InChI is InChI=1S/C21H24N2O7/c1-5-14-7-9-15(10-8-14)22-20(24)13(3)30-21(25)16-11-19(29-6-2)18(28-4)12-17(16)23(26)27/h7-13H,5-6H2,1-4H3,(H,22,24)/t13-/m1/s1. The monoisotopic (exact) mass is 416 g/mol. The Morgan fingerprint density at radius 2 is 1.80 bits per heavy atom. The average molecular weight is 416 g/mol. The molecule has 1 N–H and O–H groups in total. The minimum atomic E-state index is -1.18. The largest absolute Gasteiger partial charge is 0.493 e. The molecule has 0 radical (unpaired) electrons. The number of rotatable bonds is 9. The van der Waals surface area contributed by atoms with Crippen LogP contribution in [-0.4, -0.2) is 36.6 Å². The van der Waals surface area contributed by atoms with Crippen LogP contribution in [0, 0.1) is 10.1 Å². The molecule has 0 fully saturated rings. The van der Waals surface area contributed by atoms with E-state index in [0.717, 1.165) is 18.1 Å². The maximum atomic E-state index is 12.6. The van der Waals surface area contributed by atoms with Crippen LogP contribution >= 0.6 is 0 Å². The van der Waals surface area contributed by atoms with Gasteiger partial charge >= 0.3 is 5.97 Å². The summed E-state index contributed by atoms with van der Waals surface area (Å²) in [4.78, 5) is 35.6. The van der Waals surface area contributed by atoms with E-state index in [1.807, 2.05) is 19.1 Å². The molecular weight excluding hydrogens is 392 g/mol. The van der Waals surface area contributed by atoms with Crippen LogP contribution in [0.4, 0.5) is 11.4 Å². The molecule has 9 heteroatoms. The minimum absolute atomic E-state index is 0.112. The summed E-state index contributed by atoms with van der Waals surface area (Å²) in [6.45, 7) is 5.38. The zero-order chi connectivity index (χ0) is 22.3. The van der Waals surface area contributed by atoms with E-state index in [1.54, 1.807) is 19.1 Å². The molecule has 2 aromatic rings. The Hall–Kier alpha value is -3.62. The average Bonchev–Trinajstić information content (AvgIpc) is 2.73. The number of carbonyl (C=O) groups excluding carboxylic acids is 2. The highest BCUT2D eigenvalue weighted by molar-refractivity contribution is 5.99. The molecule has 0 spiro atoms. The lowest BCUT2D eigenvalue weighted by Crippen LogP contribution is -2.30. The molecular formula is C21H24N2O7. The van der Waals surface area contributed by atoms with Gasteiger partial charge in [-0.05, 0) is 38.0 Å². The second-order valence-electron chi connectivity index (χ2n) is 6.30. The highest BCUT2D eigenvalue weighted by atomic mass is 16.6. The van der Waals surface area contributed by atoms with Crippen molar-refractivity contribution in [1.82, 2.24) is 0 Å². The van der Waals surface area contributed by atoms with Gasteiger partial charge in [-0.15, -0.1) is 0 Å². The van der Waals surface area contributed by atoms with Gasteiger partial charge in [0.15, 0.2) is 17.6 Å². The van der Waals surface area contributed by atoms with Crippen molar-refractivity contribution in [2.45, 2.75) is 33.3 Å². The number of nitrogens with zero attached hydrogens (tertiary/aromatic N) is 1.